The van der Waals surface area contributed by atoms with Crippen LogP contribution in [0.4, 0.5) is 0 Å². The standard InChI is InChI=1S/C28H31N5O/c1-31-25-9-8-21(28(34)32-13-11-19-10-12-29-23(19)17-32)14-22(25)30-27(31)26-15-20-4-2-3-5-24(20)33(26)16-18-6-7-18/h2-5,8-9,14-15,18-19,23,29H,6-7,10-13,16-17H2,1H3/t19-,23+/m0/s1. The van der Waals surface area contributed by atoms with Crippen LogP contribution in [0.5, 0.6) is 0 Å². The Morgan fingerprint density at radius 3 is 2.82 bits per heavy atom. The van der Waals surface area contributed by atoms with E-state index >= 15 is 0 Å². The molecule has 4 aromatic rings. The smallest absolute Gasteiger partial charge is 0.253 e. The largest absolute Gasteiger partial charge is 0.338 e. The first-order valence-electron chi connectivity index (χ1n) is 12.7. The fourth-order valence-corrected chi connectivity index (χ4v) is 6.11. The van der Waals surface area contributed by atoms with Crippen molar-refractivity contribution in [1.29, 1.82) is 0 Å². The van der Waals surface area contributed by atoms with E-state index in [1.807, 2.05) is 17.0 Å². The Bertz CT molecular complexity index is 1410. The number of hydrogen-bond acceptors (Lipinski definition) is 3. The molecule has 0 unspecified atom stereocenters. The van der Waals surface area contributed by atoms with Crippen molar-refractivity contribution in [3.63, 3.8) is 0 Å². The third-order valence-electron chi connectivity index (χ3n) is 8.27. The third kappa shape index (κ3) is 3.27. The van der Waals surface area contributed by atoms with Gasteiger partial charge >= 0.3 is 0 Å². The summed E-state index contributed by atoms with van der Waals surface area (Å²) in [4.78, 5) is 20.4. The minimum Gasteiger partial charge on any atom is -0.338 e. The Morgan fingerprint density at radius 1 is 1.06 bits per heavy atom. The van der Waals surface area contributed by atoms with Crippen molar-refractivity contribution < 1.29 is 4.79 Å². The molecular weight excluding hydrogens is 422 g/mol. The van der Waals surface area contributed by atoms with Gasteiger partial charge in [0.15, 0.2) is 5.82 Å². The van der Waals surface area contributed by atoms with Crippen molar-refractivity contribution in [2.45, 2.75) is 38.3 Å². The van der Waals surface area contributed by atoms with Gasteiger partial charge in [-0.2, -0.15) is 0 Å². The summed E-state index contributed by atoms with van der Waals surface area (Å²) in [6, 6.07) is 17.4. The highest BCUT2D eigenvalue weighted by molar-refractivity contribution is 5.98. The summed E-state index contributed by atoms with van der Waals surface area (Å²) < 4.78 is 4.62. The average molecular weight is 454 g/mol. The third-order valence-corrected chi connectivity index (χ3v) is 8.27. The molecule has 2 aromatic heterocycles. The maximum atomic E-state index is 13.4. The Labute approximate surface area is 199 Å². The molecule has 6 nitrogen and oxygen atoms in total. The van der Waals surface area contributed by atoms with Gasteiger partial charge in [0.05, 0.1) is 16.7 Å². The number of aromatic nitrogens is 3. The van der Waals surface area contributed by atoms with E-state index in [9.17, 15) is 4.79 Å². The molecule has 2 atom stereocenters. The van der Waals surface area contributed by atoms with Gasteiger partial charge in [0, 0.05) is 49.2 Å². The van der Waals surface area contributed by atoms with Crippen molar-refractivity contribution >= 4 is 27.8 Å². The zero-order valence-electron chi connectivity index (χ0n) is 19.7. The second-order valence-electron chi connectivity index (χ2n) is 10.5. The van der Waals surface area contributed by atoms with Crippen molar-refractivity contribution in [1.82, 2.24) is 24.3 Å². The van der Waals surface area contributed by atoms with Gasteiger partial charge in [0.1, 0.15) is 0 Å². The number of amides is 1. The number of carbonyl (C=O) groups is 1. The summed E-state index contributed by atoms with van der Waals surface area (Å²) in [5.41, 5.74) is 5.13. The van der Waals surface area contributed by atoms with Gasteiger partial charge in [-0.15, -0.1) is 0 Å². The highest BCUT2D eigenvalue weighted by Crippen LogP contribution is 2.36. The van der Waals surface area contributed by atoms with Gasteiger partial charge in [0.2, 0.25) is 0 Å². The SMILES string of the molecule is Cn1c(-c2cc3ccccc3n2CC2CC2)nc2cc(C(=O)N3CC[C@@H]4CCN[C@@H]4C3)ccc21. The van der Waals surface area contributed by atoms with Crippen LogP contribution >= 0.6 is 0 Å². The van der Waals surface area contributed by atoms with Crippen molar-refractivity contribution in [2.75, 3.05) is 19.6 Å². The van der Waals surface area contributed by atoms with Crippen molar-refractivity contribution in [2.24, 2.45) is 18.9 Å². The Balaban J connectivity index is 1.25. The minimum absolute atomic E-state index is 0.129. The molecule has 174 valence electrons. The first-order chi connectivity index (χ1) is 16.7. The monoisotopic (exact) mass is 453 g/mol. The zero-order chi connectivity index (χ0) is 22.8. The molecule has 0 spiro atoms. The summed E-state index contributed by atoms with van der Waals surface area (Å²) in [5.74, 6) is 2.59. The minimum atomic E-state index is 0.129. The van der Waals surface area contributed by atoms with E-state index in [-0.39, 0.29) is 5.91 Å². The highest BCUT2D eigenvalue weighted by Gasteiger charge is 2.34. The molecule has 7 rings (SSSR count). The number of nitrogens with one attached hydrogen (secondary N) is 1. The summed E-state index contributed by atoms with van der Waals surface area (Å²) in [7, 11) is 2.09. The number of fused-ring (bicyclic) bond motifs is 3. The maximum absolute atomic E-state index is 13.4. The number of carbonyl (C=O) groups excluding carboxylic acids is 1. The number of nitrogens with zero attached hydrogens (tertiary/aromatic N) is 4. The van der Waals surface area contributed by atoms with Crippen molar-refractivity contribution in [3.8, 4) is 11.5 Å². The summed E-state index contributed by atoms with van der Waals surface area (Å²) in [6.45, 7) is 3.79. The van der Waals surface area contributed by atoms with E-state index in [1.54, 1.807) is 0 Å². The number of likely N-dealkylation sites (tertiary alicyclic amines) is 1. The van der Waals surface area contributed by atoms with Crippen LogP contribution in [0.2, 0.25) is 0 Å². The predicted molar refractivity (Wildman–Crippen MR) is 135 cm³/mol. The lowest BCUT2D eigenvalue weighted by Gasteiger charge is -2.35. The van der Waals surface area contributed by atoms with Crippen LogP contribution in [0.1, 0.15) is 36.0 Å². The summed E-state index contributed by atoms with van der Waals surface area (Å²) in [6.07, 6.45) is 4.97. The first kappa shape index (κ1) is 20.3. The van der Waals surface area contributed by atoms with E-state index in [1.165, 1.54) is 30.2 Å². The molecule has 3 aliphatic rings. The number of aryl methyl sites for hydroxylation is 1. The molecule has 3 fully saturated rings. The van der Waals surface area contributed by atoms with Gasteiger partial charge in [0.25, 0.3) is 5.91 Å². The second kappa shape index (κ2) is 7.70. The van der Waals surface area contributed by atoms with Crippen LogP contribution in [0.25, 0.3) is 33.5 Å². The number of para-hydroxylation sites is 1. The fourth-order valence-electron chi connectivity index (χ4n) is 6.11. The highest BCUT2D eigenvalue weighted by atomic mass is 16.2. The maximum Gasteiger partial charge on any atom is 0.253 e. The molecule has 0 bridgehead atoms. The van der Waals surface area contributed by atoms with Gasteiger partial charge in [-0.1, -0.05) is 18.2 Å². The predicted octanol–water partition coefficient (Wildman–Crippen LogP) is 4.43. The van der Waals surface area contributed by atoms with Gasteiger partial charge in [-0.05, 0) is 74.4 Å². The molecular formula is C28H31N5O. The number of benzene rings is 2. The van der Waals surface area contributed by atoms with E-state index in [2.05, 4.69) is 57.9 Å². The molecule has 1 saturated carbocycles. The van der Waals surface area contributed by atoms with Crippen LogP contribution in [-0.2, 0) is 13.6 Å². The van der Waals surface area contributed by atoms with E-state index < -0.39 is 0 Å². The molecule has 2 saturated heterocycles. The molecule has 34 heavy (non-hydrogen) atoms. The molecule has 1 amide bonds. The molecule has 1 N–H and O–H groups in total. The lowest BCUT2D eigenvalue weighted by molar-refractivity contribution is 0.0669. The quantitative estimate of drug-likeness (QED) is 0.497. The zero-order valence-corrected chi connectivity index (χ0v) is 19.7. The number of imidazole rings is 1. The molecule has 4 heterocycles. The second-order valence-corrected chi connectivity index (χ2v) is 10.5. The van der Waals surface area contributed by atoms with Gasteiger partial charge in [-0.25, -0.2) is 4.98 Å². The van der Waals surface area contributed by atoms with Crippen LogP contribution in [0.3, 0.4) is 0 Å². The number of piperidine rings is 1. The summed E-state index contributed by atoms with van der Waals surface area (Å²) >= 11 is 0. The van der Waals surface area contributed by atoms with Gasteiger partial charge < -0.3 is 19.4 Å². The fraction of sp³-hybridized carbons (Fsp3) is 0.429. The Morgan fingerprint density at radius 2 is 1.94 bits per heavy atom. The van der Waals surface area contributed by atoms with Gasteiger partial charge in [-0.3, -0.25) is 4.79 Å². The molecule has 0 radical (unpaired) electrons. The molecule has 1 aliphatic carbocycles. The van der Waals surface area contributed by atoms with Crippen LogP contribution < -0.4 is 5.32 Å². The van der Waals surface area contributed by atoms with Crippen molar-refractivity contribution in [3.05, 3.63) is 54.1 Å². The summed E-state index contributed by atoms with van der Waals surface area (Å²) in [5, 5.41) is 4.83. The number of hydrogen-bond donors (Lipinski definition) is 1. The average Bonchev–Trinajstić information content (AvgIpc) is 3.29. The molecule has 6 heteroatoms. The lowest BCUT2D eigenvalue weighted by Crippen LogP contribution is -2.48. The van der Waals surface area contributed by atoms with Crippen LogP contribution in [0.15, 0.2) is 48.5 Å². The molecule has 2 aromatic carbocycles. The van der Waals surface area contributed by atoms with E-state index in [4.69, 9.17) is 4.98 Å². The first-order valence-corrected chi connectivity index (χ1v) is 12.7. The Hall–Kier alpha value is -3.12. The topological polar surface area (TPSA) is 55.1 Å². The number of rotatable bonds is 4. The van der Waals surface area contributed by atoms with E-state index in [0.717, 1.165) is 72.6 Å². The van der Waals surface area contributed by atoms with Crippen LogP contribution in [-0.4, -0.2) is 50.6 Å². The molecule has 2 aliphatic heterocycles. The van der Waals surface area contributed by atoms with E-state index in [0.29, 0.717) is 6.04 Å². The van der Waals surface area contributed by atoms with Crippen LogP contribution in [0, 0.1) is 11.8 Å². The Kier molecular flexibility index (Phi) is 4.59. The lowest BCUT2D eigenvalue weighted by atomic mass is 9.92. The normalized spacial score (nSPS) is 22.6.